The summed E-state index contributed by atoms with van der Waals surface area (Å²) in [5, 5.41) is 31.8. The van der Waals surface area contributed by atoms with Crippen molar-refractivity contribution in [3.8, 4) is 12.1 Å². The van der Waals surface area contributed by atoms with Gasteiger partial charge in [-0.1, -0.05) is 42.5 Å². The van der Waals surface area contributed by atoms with Crippen LogP contribution in [0.15, 0.2) is 65.9 Å². The van der Waals surface area contributed by atoms with Gasteiger partial charge in [0.15, 0.2) is 5.41 Å². The van der Waals surface area contributed by atoms with Gasteiger partial charge in [0.2, 0.25) is 0 Å². The lowest BCUT2D eigenvalue weighted by atomic mass is 9.54. The number of ether oxygens (including phenoxy) is 2. The molecule has 162 valence electrons. The number of aliphatic hydroxyl groups is 1. The molecule has 2 aromatic rings. The number of rotatable bonds is 4. The van der Waals surface area contributed by atoms with Gasteiger partial charge < -0.3 is 14.6 Å². The third-order valence-electron chi connectivity index (χ3n) is 5.73. The molecule has 0 aliphatic heterocycles. The van der Waals surface area contributed by atoms with Crippen LogP contribution in [0.5, 0.6) is 0 Å². The van der Waals surface area contributed by atoms with Gasteiger partial charge >= 0.3 is 11.9 Å². The first-order valence-electron chi connectivity index (χ1n) is 9.58. The van der Waals surface area contributed by atoms with Crippen molar-refractivity contribution >= 4 is 11.9 Å². The highest BCUT2D eigenvalue weighted by atomic mass is 19.1. The second-order valence-corrected chi connectivity index (χ2v) is 7.26. The van der Waals surface area contributed by atoms with Crippen LogP contribution in [-0.4, -0.2) is 31.3 Å². The molecule has 0 aromatic heterocycles. The first-order chi connectivity index (χ1) is 15.4. The molecule has 2 aromatic carbocycles. The van der Waals surface area contributed by atoms with Gasteiger partial charge in [-0.25, -0.2) is 9.18 Å². The molecule has 3 atom stereocenters. The predicted octanol–water partition coefficient (Wildman–Crippen LogP) is 3.51. The molecule has 0 bridgehead atoms. The van der Waals surface area contributed by atoms with Crippen molar-refractivity contribution in [2.24, 2.45) is 11.3 Å². The largest absolute Gasteiger partial charge is 0.511 e. The van der Waals surface area contributed by atoms with Gasteiger partial charge in [-0.05, 0) is 23.3 Å². The average molecular weight is 434 g/mol. The Labute approximate surface area is 183 Å². The van der Waals surface area contributed by atoms with Gasteiger partial charge in [0.25, 0.3) is 0 Å². The number of carbonyl (C=O) groups excluding carboxylic acids is 2. The van der Waals surface area contributed by atoms with Gasteiger partial charge in [-0.15, -0.1) is 0 Å². The van der Waals surface area contributed by atoms with Crippen LogP contribution < -0.4 is 0 Å². The van der Waals surface area contributed by atoms with E-state index in [0.29, 0.717) is 5.56 Å². The molecule has 0 fully saturated rings. The summed E-state index contributed by atoms with van der Waals surface area (Å²) in [5.41, 5.74) is -1.79. The molecule has 3 rings (SSSR count). The lowest BCUT2D eigenvalue weighted by Gasteiger charge is -2.44. The van der Waals surface area contributed by atoms with E-state index in [0.717, 1.165) is 26.4 Å². The highest BCUT2D eigenvalue weighted by molar-refractivity contribution is 5.94. The van der Waals surface area contributed by atoms with Crippen molar-refractivity contribution < 1.29 is 28.6 Å². The summed E-state index contributed by atoms with van der Waals surface area (Å²) in [5.74, 6) is -7.27. The first-order valence-corrected chi connectivity index (χ1v) is 9.58. The fourth-order valence-electron chi connectivity index (χ4n) is 4.34. The molecule has 1 aliphatic carbocycles. The molecular formula is C24H19FN2O5. The monoisotopic (exact) mass is 434 g/mol. The standard InChI is InChI=1S/C24H19FN2O5/c1-31-22(29)17-19(14-6-4-3-5-7-14)24(12-26,13-27)20(15-8-10-16(25)11-9-15)18(21(17)28)23(30)32-2/h3-11,18-20,28H,1-2H3/t18-,19+,20-/m1/s1. The molecule has 7 nitrogen and oxygen atoms in total. The minimum absolute atomic E-state index is 0.251. The minimum atomic E-state index is -2.05. The van der Waals surface area contributed by atoms with E-state index in [1.165, 1.54) is 12.1 Å². The molecule has 8 heteroatoms. The summed E-state index contributed by atoms with van der Waals surface area (Å²) in [7, 11) is 2.17. The van der Waals surface area contributed by atoms with Crippen molar-refractivity contribution in [2.45, 2.75) is 11.8 Å². The Hall–Kier alpha value is -4.17. The Morgan fingerprint density at radius 1 is 0.969 bits per heavy atom. The summed E-state index contributed by atoms with van der Waals surface area (Å²) in [6.07, 6.45) is 0. The van der Waals surface area contributed by atoms with Crippen LogP contribution >= 0.6 is 0 Å². The normalized spacial score (nSPS) is 21.7. The van der Waals surface area contributed by atoms with Gasteiger partial charge in [0, 0.05) is 5.92 Å². The van der Waals surface area contributed by atoms with E-state index in [1.807, 2.05) is 12.1 Å². The van der Waals surface area contributed by atoms with Crippen molar-refractivity contribution in [3.63, 3.8) is 0 Å². The molecule has 0 saturated heterocycles. The van der Waals surface area contributed by atoms with Crippen LogP contribution in [0.2, 0.25) is 0 Å². The number of carbonyl (C=O) groups is 2. The van der Waals surface area contributed by atoms with E-state index in [2.05, 4.69) is 0 Å². The Balaban J connectivity index is 2.47. The van der Waals surface area contributed by atoms with Crippen LogP contribution in [0.3, 0.4) is 0 Å². The fourth-order valence-corrected chi connectivity index (χ4v) is 4.34. The maximum atomic E-state index is 13.6. The first kappa shape index (κ1) is 22.5. The highest BCUT2D eigenvalue weighted by Crippen LogP contribution is 2.58. The van der Waals surface area contributed by atoms with Crippen LogP contribution in [-0.2, 0) is 19.1 Å². The third kappa shape index (κ3) is 3.46. The van der Waals surface area contributed by atoms with Crippen LogP contribution in [0, 0.1) is 39.8 Å². The Bertz CT molecular complexity index is 1130. The third-order valence-corrected chi connectivity index (χ3v) is 5.73. The number of aliphatic hydroxyl groups excluding tert-OH is 1. The molecule has 0 unspecified atom stereocenters. The van der Waals surface area contributed by atoms with Gasteiger partial charge in [0.1, 0.15) is 17.5 Å². The molecule has 32 heavy (non-hydrogen) atoms. The topological polar surface area (TPSA) is 120 Å². The van der Waals surface area contributed by atoms with Crippen molar-refractivity contribution in [3.05, 3.63) is 82.9 Å². The number of halogens is 1. The summed E-state index contributed by atoms with van der Waals surface area (Å²) >= 11 is 0. The molecule has 1 N–H and O–H groups in total. The molecule has 0 spiro atoms. The number of hydrogen-bond donors (Lipinski definition) is 1. The Kier molecular flexibility index (Phi) is 6.27. The molecule has 0 saturated carbocycles. The van der Waals surface area contributed by atoms with E-state index < -0.39 is 46.7 Å². The second kappa shape index (κ2) is 8.91. The maximum Gasteiger partial charge on any atom is 0.337 e. The van der Waals surface area contributed by atoms with E-state index in [-0.39, 0.29) is 11.1 Å². The zero-order chi connectivity index (χ0) is 23.5. The lowest BCUT2D eigenvalue weighted by Crippen LogP contribution is -2.47. The van der Waals surface area contributed by atoms with Crippen LogP contribution in [0.1, 0.15) is 23.0 Å². The van der Waals surface area contributed by atoms with Gasteiger partial charge in [-0.3, -0.25) is 4.79 Å². The van der Waals surface area contributed by atoms with Gasteiger partial charge in [0.05, 0.1) is 37.8 Å². The van der Waals surface area contributed by atoms with E-state index >= 15 is 0 Å². The lowest BCUT2D eigenvalue weighted by molar-refractivity contribution is -0.147. The average Bonchev–Trinajstić information content (AvgIpc) is 2.83. The van der Waals surface area contributed by atoms with Crippen molar-refractivity contribution in [2.75, 3.05) is 14.2 Å². The summed E-state index contributed by atoms with van der Waals surface area (Å²) in [4.78, 5) is 25.6. The summed E-state index contributed by atoms with van der Waals surface area (Å²) < 4.78 is 23.3. The molecule has 0 amide bonds. The predicted molar refractivity (Wildman–Crippen MR) is 109 cm³/mol. The number of methoxy groups -OCH3 is 2. The Morgan fingerprint density at radius 3 is 2.06 bits per heavy atom. The fraction of sp³-hybridized carbons (Fsp3) is 0.250. The summed E-state index contributed by atoms with van der Waals surface area (Å²) in [6, 6.07) is 17.1. The minimum Gasteiger partial charge on any atom is -0.511 e. The SMILES string of the molecule is COC(=O)C1=C(O)[C@H](C(=O)OC)[C@@H](c2ccc(F)cc2)C(C#N)(C#N)[C@H]1c1ccccc1. The number of hydrogen-bond acceptors (Lipinski definition) is 7. The number of esters is 2. The number of nitriles is 2. The maximum absolute atomic E-state index is 13.6. The van der Waals surface area contributed by atoms with Crippen LogP contribution in [0.4, 0.5) is 4.39 Å². The number of benzene rings is 2. The quantitative estimate of drug-likeness (QED) is 0.731. The Morgan fingerprint density at radius 2 is 1.56 bits per heavy atom. The molecule has 0 heterocycles. The van der Waals surface area contributed by atoms with Crippen molar-refractivity contribution in [1.29, 1.82) is 10.5 Å². The molecule has 0 radical (unpaired) electrons. The van der Waals surface area contributed by atoms with Gasteiger partial charge in [-0.2, -0.15) is 10.5 Å². The molecule has 1 aliphatic rings. The zero-order valence-corrected chi connectivity index (χ0v) is 17.3. The molecular weight excluding hydrogens is 415 g/mol. The van der Waals surface area contributed by atoms with Crippen LogP contribution in [0.25, 0.3) is 0 Å². The van der Waals surface area contributed by atoms with E-state index in [9.17, 15) is 29.6 Å². The van der Waals surface area contributed by atoms with E-state index in [4.69, 9.17) is 9.47 Å². The smallest absolute Gasteiger partial charge is 0.337 e. The van der Waals surface area contributed by atoms with E-state index in [1.54, 1.807) is 30.3 Å². The zero-order valence-electron chi connectivity index (χ0n) is 17.3. The number of nitrogens with zero attached hydrogens (tertiary/aromatic N) is 2. The van der Waals surface area contributed by atoms with Crippen molar-refractivity contribution in [1.82, 2.24) is 0 Å². The highest BCUT2D eigenvalue weighted by Gasteiger charge is 2.61. The second-order valence-electron chi connectivity index (χ2n) is 7.26. The summed E-state index contributed by atoms with van der Waals surface area (Å²) in [6.45, 7) is 0.